The highest BCUT2D eigenvalue weighted by Gasteiger charge is 2.26. The Morgan fingerprint density at radius 2 is 1.52 bits per heavy atom. The van der Waals surface area contributed by atoms with E-state index < -0.39 is 39.0 Å². The van der Waals surface area contributed by atoms with Crippen LogP contribution in [0.3, 0.4) is 0 Å². The van der Waals surface area contributed by atoms with E-state index in [4.69, 9.17) is 0 Å². The molecule has 0 unspecified atom stereocenters. The van der Waals surface area contributed by atoms with Crippen molar-refractivity contribution >= 4 is 21.6 Å². The number of sulfonamides is 1. The second-order valence-electron chi connectivity index (χ2n) is 6.08. The van der Waals surface area contributed by atoms with Gasteiger partial charge in [-0.1, -0.05) is 24.3 Å². The van der Waals surface area contributed by atoms with Gasteiger partial charge in [0.05, 0.1) is 6.54 Å². The maximum atomic E-state index is 13.7. The van der Waals surface area contributed by atoms with Gasteiger partial charge in [0.1, 0.15) is 11.6 Å². The Balaban J connectivity index is 1.57. The van der Waals surface area contributed by atoms with E-state index in [1.165, 1.54) is 4.90 Å². The first-order valence-electron chi connectivity index (χ1n) is 8.40. The number of rotatable bonds is 5. The summed E-state index contributed by atoms with van der Waals surface area (Å²) < 4.78 is 53.6. The number of para-hydroxylation sites is 1. The van der Waals surface area contributed by atoms with Crippen LogP contribution in [0.15, 0.2) is 53.4 Å². The predicted octanol–water partition coefficient (Wildman–Crippen LogP) is 1.59. The molecule has 0 aliphatic carbocycles. The number of hydrogen-bond donors (Lipinski definition) is 1. The zero-order chi connectivity index (χ0) is 19.4. The average Bonchev–Trinajstić information content (AvgIpc) is 2.67. The summed E-state index contributed by atoms with van der Waals surface area (Å²) in [4.78, 5) is 14.9. The molecule has 3 rings (SSSR count). The SMILES string of the molecule is O=C(CNS(=O)(=O)c1c(F)cccc1F)N1CCN(c2ccccc2)CC1. The maximum absolute atomic E-state index is 13.7. The van der Waals surface area contributed by atoms with Crippen LogP contribution in [0.2, 0.25) is 0 Å². The van der Waals surface area contributed by atoms with Crippen LogP contribution in [0.25, 0.3) is 0 Å². The van der Waals surface area contributed by atoms with Crippen LogP contribution in [0.1, 0.15) is 0 Å². The van der Waals surface area contributed by atoms with Crippen LogP contribution in [0.5, 0.6) is 0 Å². The molecule has 1 heterocycles. The van der Waals surface area contributed by atoms with Crippen molar-refractivity contribution < 1.29 is 22.0 Å². The van der Waals surface area contributed by atoms with Gasteiger partial charge in [-0.3, -0.25) is 4.79 Å². The molecule has 6 nitrogen and oxygen atoms in total. The number of halogens is 2. The van der Waals surface area contributed by atoms with E-state index in [9.17, 15) is 22.0 Å². The Labute approximate surface area is 156 Å². The van der Waals surface area contributed by atoms with E-state index in [2.05, 4.69) is 4.90 Å². The monoisotopic (exact) mass is 395 g/mol. The number of nitrogens with zero attached hydrogens (tertiary/aromatic N) is 2. The highest BCUT2D eigenvalue weighted by Crippen LogP contribution is 2.18. The molecule has 0 atom stereocenters. The third-order valence-corrected chi connectivity index (χ3v) is 5.81. The molecule has 1 fully saturated rings. The fraction of sp³-hybridized carbons (Fsp3) is 0.278. The summed E-state index contributed by atoms with van der Waals surface area (Å²) >= 11 is 0. The molecule has 2 aromatic rings. The molecule has 1 aliphatic rings. The summed E-state index contributed by atoms with van der Waals surface area (Å²) in [6.45, 7) is 1.55. The van der Waals surface area contributed by atoms with Crippen molar-refractivity contribution in [1.29, 1.82) is 0 Å². The average molecular weight is 395 g/mol. The molecule has 0 saturated carbocycles. The Bertz CT molecular complexity index is 894. The molecule has 144 valence electrons. The minimum atomic E-state index is -4.47. The van der Waals surface area contributed by atoms with E-state index >= 15 is 0 Å². The molecular formula is C18H19F2N3O3S. The quantitative estimate of drug-likeness (QED) is 0.835. The van der Waals surface area contributed by atoms with E-state index in [1.807, 2.05) is 35.1 Å². The number of hydrogen-bond acceptors (Lipinski definition) is 4. The minimum absolute atomic E-state index is 0.434. The van der Waals surface area contributed by atoms with Crippen molar-refractivity contribution in [1.82, 2.24) is 9.62 Å². The Morgan fingerprint density at radius 1 is 0.926 bits per heavy atom. The van der Waals surface area contributed by atoms with Crippen molar-refractivity contribution in [3.63, 3.8) is 0 Å². The molecule has 1 amide bonds. The van der Waals surface area contributed by atoms with Crippen LogP contribution in [-0.4, -0.2) is 51.9 Å². The van der Waals surface area contributed by atoms with Gasteiger partial charge in [-0.15, -0.1) is 0 Å². The highest BCUT2D eigenvalue weighted by atomic mass is 32.2. The molecule has 1 saturated heterocycles. The van der Waals surface area contributed by atoms with Crippen molar-refractivity contribution in [2.75, 3.05) is 37.6 Å². The number of benzene rings is 2. The summed E-state index contributed by atoms with van der Waals surface area (Å²) in [6.07, 6.45) is 0. The Morgan fingerprint density at radius 3 is 2.11 bits per heavy atom. The second kappa shape index (κ2) is 8.01. The highest BCUT2D eigenvalue weighted by molar-refractivity contribution is 7.89. The lowest BCUT2D eigenvalue weighted by Crippen LogP contribution is -2.51. The Kier molecular flexibility index (Phi) is 5.71. The van der Waals surface area contributed by atoms with Gasteiger partial charge in [-0.2, -0.15) is 0 Å². The van der Waals surface area contributed by atoms with E-state index in [0.717, 1.165) is 23.9 Å². The minimum Gasteiger partial charge on any atom is -0.368 e. The first-order chi connectivity index (χ1) is 12.9. The topological polar surface area (TPSA) is 69.7 Å². The smallest absolute Gasteiger partial charge is 0.246 e. The Hall–Kier alpha value is -2.52. The molecule has 1 N–H and O–H groups in total. The van der Waals surface area contributed by atoms with Gasteiger partial charge in [0.25, 0.3) is 0 Å². The standard InChI is InChI=1S/C18H19F2N3O3S/c19-15-7-4-8-16(20)18(15)27(25,26)21-13-17(24)23-11-9-22(10-12-23)14-5-2-1-3-6-14/h1-8,21H,9-13H2. The van der Waals surface area contributed by atoms with Crippen molar-refractivity contribution in [2.24, 2.45) is 0 Å². The summed E-state index contributed by atoms with van der Waals surface area (Å²) in [7, 11) is -4.47. The van der Waals surface area contributed by atoms with Crippen LogP contribution in [0, 0.1) is 11.6 Å². The number of anilines is 1. The van der Waals surface area contributed by atoms with Gasteiger partial charge < -0.3 is 9.80 Å². The molecule has 0 aromatic heterocycles. The van der Waals surface area contributed by atoms with Gasteiger partial charge in [-0.05, 0) is 24.3 Å². The number of nitrogens with one attached hydrogen (secondary N) is 1. The number of piperazine rings is 1. The van der Waals surface area contributed by atoms with E-state index in [0.29, 0.717) is 26.2 Å². The zero-order valence-corrected chi connectivity index (χ0v) is 15.3. The molecule has 9 heteroatoms. The number of carbonyl (C=O) groups excluding carboxylic acids is 1. The second-order valence-corrected chi connectivity index (χ2v) is 7.78. The number of amides is 1. The van der Waals surface area contributed by atoms with E-state index in [1.54, 1.807) is 0 Å². The lowest BCUT2D eigenvalue weighted by Gasteiger charge is -2.36. The summed E-state index contributed by atoms with van der Waals surface area (Å²) in [6, 6.07) is 12.5. The number of carbonyl (C=O) groups is 1. The zero-order valence-electron chi connectivity index (χ0n) is 14.4. The third kappa shape index (κ3) is 4.42. The normalized spacial score (nSPS) is 15.0. The lowest BCUT2D eigenvalue weighted by molar-refractivity contribution is -0.130. The molecule has 0 bridgehead atoms. The molecule has 27 heavy (non-hydrogen) atoms. The van der Waals surface area contributed by atoms with Crippen LogP contribution < -0.4 is 9.62 Å². The largest absolute Gasteiger partial charge is 0.368 e. The summed E-state index contributed by atoms with van der Waals surface area (Å²) in [5, 5.41) is 0. The van der Waals surface area contributed by atoms with Gasteiger partial charge in [0.2, 0.25) is 15.9 Å². The first-order valence-corrected chi connectivity index (χ1v) is 9.88. The van der Waals surface area contributed by atoms with Gasteiger partial charge in [-0.25, -0.2) is 21.9 Å². The maximum Gasteiger partial charge on any atom is 0.246 e. The summed E-state index contributed by atoms with van der Waals surface area (Å²) in [5.74, 6) is -2.85. The van der Waals surface area contributed by atoms with Gasteiger partial charge in [0, 0.05) is 31.9 Å². The fourth-order valence-electron chi connectivity index (χ4n) is 2.93. The van der Waals surface area contributed by atoms with Crippen molar-refractivity contribution in [3.8, 4) is 0 Å². The van der Waals surface area contributed by atoms with E-state index in [-0.39, 0.29) is 0 Å². The van der Waals surface area contributed by atoms with Gasteiger partial charge in [0.15, 0.2) is 4.90 Å². The molecular weight excluding hydrogens is 376 g/mol. The van der Waals surface area contributed by atoms with Crippen LogP contribution in [0.4, 0.5) is 14.5 Å². The predicted molar refractivity (Wildman–Crippen MR) is 96.8 cm³/mol. The summed E-state index contributed by atoms with van der Waals surface area (Å²) in [5.41, 5.74) is 1.06. The molecule has 0 spiro atoms. The van der Waals surface area contributed by atoms with Crippen LogP contribution in [-0.2, 0) is 14.8 Å². The molecule has 0 radical (unpaired) electrons. The van der Waals surface area contributed by atoms with Crippen molar-refractivity contribution in [3.05, 3.63) is 60.2 Å². The fourth-order valence-corrected chi connectivity index (χ4v) is 4.04. The first kappa shape index (κ1) is 19.2. The third-order valence-electron chi connectivity index (χ3n) is 4.35. The molecule has 1 aliphatic heterocycles. The lowest BCUT2D eigenvalue weighted by atomic mass is 10.2. The molecule has 2 aromatic carbocycles. The van der Waals surface area contributed by atoms with Gasteiger partial charge >= 0.3 is 0 Å². The van der Waals surface area contributed by atoms with Crippen molar-refractivity contribution in [2.45, 2.75) is 4.90 Å². The van der Waals surface area contributed by atoms with Crippen LogP contribution >= 0.6 is 0 Å².